The number of amides is 1. The molecule has 7 heteroatoms. The number of carbonyl (C=O) groups excluding carboxylic acids is 1. The maximum atomic E-state index is 12.5. The zero-order chi connectivity index (χ0) is 15.4. The van der Waals surface area contributed by atoms with E-state index in [0.29, 0.717) is 0 Å². The van der Waals surface area contributed by atoms with Crippen LogP contribution in [0.2, 0.25) is 0 Å². The first-order valence-electron chi connectivity index (χ1n) is 6.69. The second-order valence-electron chi connectivity index (χ2n) is 6.00. The van der Waals surface area contributed by atoms with Gasteiger partial charge in [0.2, 0.25) is 0 Å². The van der Waals surface area contributed by atoms with E-state index < -0.39 is 21.9 Å². The lowest BCUT2D eigenvalue weighted by molar-refractivity contribution is 0.0694. The summed E-state index contributed by atoms with van der Waals surface area (Å²) in [6.07, 6.45) is 2.82. The summed E-state index contributed by atoms with van der Waals surface area (Å²) >= 11 is 0. The molecule has 1 N–H and O–H groups in total. The minimum absolute atomic E-state index is 0.0583. The molecular weight excluding hydrogens is 294 g/mol. The van der Waals surface area contributed by atoms with Gasteiger partial charge in [0.25, 0.3) is 15.9 Å². The van der Waals surface area contributed by atoms with Gasteiger partial charge in [0.15, 0.2) is 0 Å². The quantitative estimate of drug-likeness (QED) is 0.918. The van der Waals surface area contributed by atoms with E-state index in [2.05, 4.69) is 0 Å². The van der Waals surface area contributed by atoms with E-state index in [4.69, 9.17) is 5.11 Å². The average molecular weight is 309 g/mol. The molecule has 0 spiro atoms. The van der Waals surface area contributed by atoms with Gasteiger partial charge in [-0.3, -0.25) is 4.79 Å². The van der Waals surface area contributed by atoms with Crippen molar-refractivity contribution in [2.45, 2.75) is 31.1 Å². The molecule has 1 heterocycles. The van der Waals surface area contributed by atoms with Crippen molar-refractivity contribution in [1.29, 1.82) is 0 Å². The van der Waals surface area contributed by atoms with Gasteiger partial charge in [-0.1, -0.05) is 13.3 Å². The highest BCUT2D eigenvalue weighted by atomic mass is 32.2. The van der Waals surface area contributed by atoms with Crippen molar-refractivity contribution >= 4 is 21.9 Å². The molecule has 0 saturated heterocycles. The Morgan fingerprint density at radius 3 is 2.57 bits per heavy atom. The van der Waals surface area contributed by atoms with E-state index in [0.717, 1.165) is 29.6 Å². The van der Waals surface area contributed by atoms with Crippen LogP contribution in [0.25, 0.3) is 0 Å². The molecule has 0 radical (unpaired) electrons. The Kier molecular flexibility index (Phi) is 2.88. The Bertz CT molecular complexity index is 749. The van der Waals surface area contributed by atoms with Gasteiger partial charge in [-0.2, -0.15) is 0 Å². The molecule has 1 saturated carbocycles. The molecule has 0 bridgehead atoms. The summed E-state index contributed by atoms with van der Waals surface area (Å²) < 4.78 is 25.9. The van der Waals surface area contributed by atoms with E-state index in [9.17, 15) is 18.0 Å². The fraction of sp³-hybridized carbons (Fsp3) is 0.429. The molecular formula is C14H15NO5S. The van der Waals surface area contributed by atoms with Crippen LogP contribution in [0.15, 0.2) is 23.1 Å². The fourth-order valence-electron chi connectivity index (χ4n) is 2.85. The largest absolute Gasteiger partial charge is 0.478 e. The molecule has 1 aromatic rings. The predicted octanol–water partition coefficient (Wildman–Crippen LogP) is 1.72. The molecule has 112 valence electrons. The van der Waals surface area contributed by atoms with Crippen LogP contribution < -0.4 is 0 Å². The van der Waals surface area contributed by atoms with Gasteiger partial charge in [0.1, 0.15) is 4.90 Å². The number of aromatic carboxylic acids is 1. The molecule has 0 aromatic heterocycles. The number of benzene rings is 1. The van der Waals surface area contributed by atoms with Gasteiger partial charge in [0.05, 0.1) is 11.1 Å². The van der Waals surface area contributed by atoms with Crippen LogP contribution in [-0.2, 0) is 10.0 Å². The van der Waals surface area contributed by atoms with Gasteiger partial charge < -0.3 is 5.11 Å². The van der Waals surface area contributed by atoms with Crippen LogP contribution in [-0.4, -0.2) is 36.3 Å². The number of hydrogen-bond donors (Lipinski definition) is 1. The predicted molar refractivity (Wildman–Crippen MR) is 73.6 cm³/mol. The van der Waals surface area contributed by atoms with E-state index in [1.165, 1.54) is 12.1 Å². The lowest BCUT2D eigenvalue weighted by Gasteiger charge is -2.40. The SMILES string of the molecule is CC1(CN2C(=O)c3ccc(C(=O)O)cc3S2(=O)=O)CCC1. The molecule has 3 rings (SSSR count). The summed E-state index contributed by atoms with van der Waals surface area (Å²) in [7, 11) is -3.94. The summed E-state index contributed by atoms with van der Waals surface area (Å²) in [6.45, 7) is 2.12. The second-order valence-corrected chi connectivity index (χ2v) is 7.83. The van der Waals surface area contributed by atoms with Crippen molar-refractivity contribution in [3.8, 4) is 0 Å². The lowest BCUT2D eigenvalue weighted by Crippen LogP contribution is -2.42. The third-order valence-electron chi connectivity index (χ3n) is 4.34. The monoisotopic (exact) mass is 309 g/mol. The summed E-state index contributed by atoms with van der Waals surface area (Å²) in [5, 5.41) is 8.96. The Hall–Kier alpha value is -1.89. The normalized spacial score (nSPS) is 21.8. The Morgan fingerprint density at radius 1 is 1.38 bits per heavy atom. The first kappa shape index (κ1) is 14.1. The lowest BCUT2D eigenvalue weighted by atomic mass is 9.70. The summed E-state index contributed by atoms with van der Waals surface area (Å²) in [6, 6.07) is 3.60. The molecule has 1 fully saturated rings. The fourth-order valence-corrected chi connectivity index (χ4v) is 4.59. The molecule has 1 aliphatic heterocycles. The first-order valence-corrected chi connectivity index (χ1v) is 8.13. The molecule has 21 heavy (non-hydrogen) atoms. The van der Waals surface area contributed by atoms with E-state index in [1.54, 1.807) is 0 Å². The highest BCUT2D eigenvalue weighted by molar-refractivity contribution is 7.90. The molecule has 1 aliphatic carbocycles. The van der Waals surface area contributed by atoms with Crippen LogP contribution in [0.5, 0.6) is 0 Å². The van der Waals surface area contributed by atoms with Crippen LogP contribution in [0, 0.1) is 5.41 Å². The Morgan fingerprint density at radius 2 is 2.05 bits per heavy atom. The van der Waals surface area contributed by atoms with E-state index in [-0.39, 0.29) is 28.0 Å². The number of carboxylic acid groups (broad SMARTS) is 1. The second kappa shape index (κ2) is 4.30. The molecule has 0 atom stereocenters. The summed E-state index contributed by atoms with van der Waals surface area (Å²) in [5.41, 5.74) is -0.245. The number of hydrogen-bond acceptors (Lipinski definition) is 4. The van der Waals surface area contributed by atoms with Crippen LogP contribution in [0.4, 0.5) is 0 Å². The van der Waals surface area contributed by atoms with Crippen molar-refractivity contribution in [3.63, 3.8) is 0 Å². The van der Waals surface area contributed by atoms with Crippen LogP contribution in [0.3, 0.4) is 0 Å². The zero-order valence-corrected chi connectivity index (χ0v) is 12.3. The number of nitrogens with zero attached hydrogens (tertiary/aromatic N) is 1. The van der Waals surface area contributed by atoms with Crippen LogP contribution in [0.1, 0.15) is 46.9 Å². The molecule has 2 aliphatic rings. The standard InChI is InChI=1S/C14H15NO5S/c1-14(5-2-6-14)8-15-12(16)10-4-3-9(13(17)18)7-11(10)21(15,19)20/h3-4,7H,2,5-6,8H2,1H3,(H,17,18). The minimum atomic E-state index is -3.94. The first-order chi connectivity index (χ1) is 9.74. The summed E-state index contributed by atoms with van der Waals surface area (Å²) in [5.74, 6) is -1.78. The summed E-state index contributed by atoms with van der Waals surface area (Å²) in [4.78, 5) is 23.1. The number of rotatable bonds is 3. The smallest absolute Gasteiger partial charge is 0.335 e. The van der Waals surface area contributed by atoms with Crippen molar-refractivity contribution in [2.24, 2.45) is 5.41 Å². The maximum absolute atomic E-state index is 12.5. The number of sulfonamides is 1. The van der Waals surface area contributed by atoms with Gasteiger partial charge in [-0.15, -0.1) is 0 Å². The molecule has 0 unspecified atom stereocenters. The van der Waals surface area contributed by atoms with Crippen molar-refractivity contribution < 1.29 is 23.1 Å². The third kappa shape index (κ3) is 2.03. The molecule has 1 aromatic carbocycles. The number of fused-ring (bicyclic) bond motifs is 1. The highest BCUT2D eigenvalue weighted by Gasteiger charge is 2.46. The van der Waals surface area contributed by atoms with Gasteiger partial charge in [-0.05, 0) is 36.5 Å². The number of carboxylic acids is 1. The molecule has 6 nitrogen and oxygen atoms in total. The maximum Gasteiger partial charge on any atom is 0.335 e. The third-order valence-corrected chi connectivity index (χ3v) is 6.11. The highest BCUT2D eigenvalue weighted by Crippen LogP contribution is 2.43. The minimum Gasteiger partial charge on any atom is -0.478 e. The van der Waals surface area contributed by atoms with E-state index >= 15 is 0 Å². The number of carbonyl (C=O) groups is 2. The zero-order valence-electron chi connectivity index (χ0n) is 11.5. The van der Waals surface area contributed by atoms with E-state index in [1.807, 2.05) is 6.92 Å². The average Bonchev–Trinajstić information content (AvgIpc) is 2.58. The van der Waals surface area contributed by atoms with Crippen molar-refractivity contribution in [2.75, 3.05) is 6.54 Å². The molecule has 1 amide bonds. The van der Waals surface area contributed by atoms with Gasteiger partial charge >= 0.3 is 5.97 Å². The Labute approximate surface area is 122 Å². The van der Waals surface area contributed by atoms with Crippen molar-refractivity contribution in [1.82, 2.24) is 4.31 Å². The van der Waals surface area contributed by atoms with Gasteiger partial charge in [-0.25, -0.2) is 17.5 Å². The topological polar surface area (TPSA) is 91.8 Å². The van der Waals surface area contributed by atoms with Gasteiger partial charge in [0, 0.05) is 6.54 Å². The Balaban J connectivity index is 2.04. The van der Waals surface area contributed by atoms with Crippen LogP contribution >= 0.6 is 0 Å². The van der Waals surface area contributed by atoms with Crippen molar-refractivity contribution in [3.05, 3.63) is 29.3 Å².